The first kappa shape index (κ1) is 21.0. The predicted molar refractivity (Wildman–Crippen MR) is 111 cm³/mol. The Morgan fingerprint density at radius 3 is 2.59 bits per heavy atom. The Balaban J connectivity index is 2.00. The van der Waals surface area contributed by atoms with E-state index in [-0.39, 0.29) is 4.91 Å². The largest absolute Gasteiger partial charge is 0.495 e. The minimum absolute atomic E-state index is 0.247. The molecule has 9 heteroatoms. The van der Waals surface area contributed by atoms with Crippen LogP contribution < -0.4 is 4.74 Å². The van der Waals surface area contributed by atoms with Crippen LogP contribution in [0.1, 0.15) is 17.0 Å². The molecule has 0 N–H and O–H groups in total. The summed E-state index contributed by atoms with van der Waals surface area (Å²) < 4.78 is 12.0. The van der Waals surface area contributed by atoms with E-state index in [2.05, 4.69) is 4.74 Å². The minimum atomic E-state index is -0.653. The molecule has 0 unspecified atom stereocenters. The Labute approximate surface area is 177 Å². The molecule has 1 saturated heterocycles. The van der Waals surface area contributed by atoms with Gasteiger partial charge in [-0.25, -0.2) is 0 Å². The summed E-state index contributed by atoms with van der Waals surface area (Å²) in [6.07, 6.45) is 1.65. The smallest absolute Gasteiger partial charge is 0.325 e. The lowest BCUT2D eigenvalue weighted by Crippen LogP contribution is -2.34. The highest BCUT2D eigenvalue weighted by atomic mass is 35.5. The fraction of sp³-hybridized carbons (Fsp3) is 0.250. The third-order valence-electron chi connectivity index (χ3n) is 4.53. The molecule has 1 fully saturated rings. The molecule has 1 aliphatic heterocycles. The van der Waals surface area contributed by atoms with Crippen LogP contribution in [0.4, 0.5) is 4.79 Å². The van der Waals surface area contributed by atoms with Crippen molar-refractivity contribution in [1.82, 2.24) is 9.47 Å². The highest BCUT2D eigenvalue weighted by Gasteiger charge is 2.36. The highest BCUT2D eigenvalue weighted by molar-refractivity contribution is 8.18. The van der Waals surface area contributed by atoms with E-state index in [0.717, 1.165) is 39.3 Å². The van der Waals surface area contributed by atoms with Crippen molar-refractivity contribution in [2.45, 2.75) is 13.8 Å². The Kier molecular flexibility index (Phi) is 6.04. The number of carbonyl (C=O) groups is 3. The van der Waals surface area contributed by atoms with Crippen molar-refractivity contribution in [2.75, 3.05) is 20.8 Å². The van der Waals surface area contributed by atoms with E-state index in [1.165, 1.54) is 7.11 Å². The molecule has 29 heavy (non-hydrogen) atoms. The number of thioether (sulfide) groups is 1. The number of hydrogen-bond donors (Lipinski definition) is 0. The maximum atomic E-state index is 12.6. The van der Waals surface area contributed by atoms with Crippen molar-refractivity contribution >= 4 is 46.6 Å². The normalized spacial score (nSPS) is 15.3. The Morgan fingerprint density at radius 2 is 1.93 bits per heavy atom. The fourth-order valence-corrected chi connectivity index (χ4v) is 4.11. The van der Waals surface area contributed by atoms with E-state index in [0.29, 0.717) is 10.8 Å². The topological polar surface area (TPSA) is 77.8 Å². The summed E-state index contributed by atoms with van der Waals surface area (Å²) in [5.74, 6) is -0.517. The van der Waals surface area contributed by atoms with Gasteiger partial charge >= 0.3 is 5.97 Å². The Hall–Kier alpha value is -2.71. The Morgan fingerprint density at radius 1 is 1.21 bits per heavy atom. The van der Waals surface area contributed by atoms with Crippen LogP contribution in [-0.2, 0) is 14.3 Å². The number of nitrogens with zero attached hydrogens (tertiary/aromatic N) is 2. The number of aryl methyl sites for hydroxylation is 1. The zero-order valence-electron chi connectivity index (χ0n) is 16.3. The molecular weight excluding hydrogens is 416 g/mol. The molecule has 0 bridgehead atoms. The van der Waals surface area contributed by atoms with Crippen LogP contribution in [0.2, 0.25) is 5.02 Å². The van der Waals surface area contributed by atoms with Crippen molar-refractivity contribution in [3.8, 4) is 11.4 Å². The molecule has 0 aliphatic carbocycles. The monoisotopic (exact) mass is 434 g/mol. The second-order valence-electron chi connectivity index (χ2n) is 6.32. The van der Waals surface area contributed by atoms with Crippen LogP contribution in [-0.4, -0.2) is 47.3 Å². The molecule has 0 spiro atoms. The van der Waals surface area contributed by atoms with Gasteiger partial charge in [-0.2, -0.15) is 0 Å². The van der Waals surface area contributed by atoms with Gasteiger partial charge in [0.25, 0.3) is 11.1 Å². The van der Waals surface area contributed by atoms with Crippen molar-refractivity contribution in [2.24, 2.45) is 0 Å². The quantitative estimate of drug-likeness (QED) is 0.523. The van der Waals surface area contributed by atoms with Crippen molar-refractivity contribution in [3.05, 3.63) is 51.1 Å². The van der Waals surface area contributed by atoms with Gasteiger partial charge in [0.05, 0.1) is 24.8 Å². The standard InChI is InChI=1S/C20H19ClN2O5S/c1-11-7-13(8-17-19(25)22(20(26)29-17)10-18(24)28-4)12(2)23(11)15-9-14(21)5-6-16(15)27-3/h5-9H,10H2,1-4H3. The first-order valence-electron chi connectivity index (χ1n) is 8.61. The molecule has 0 atom stereocenters. The highest BCUT2D eigenvalue weighted by Crippen LogP contribution is 2.35. The maximum Gasteiger partial charge on any atom is 0.325 e. The number of ether oxygens (including phenoxy) is 2. The van der Waals surface area contributed by atoms with Gasteiger partial charge in [-0.1, -0.05) is 11.6 Å². The number of halogens is 1. The lowest BCUT2D eigenvalue weighted by Gasteiger charge is -2.14. The lowest BCUT2D eigenvalue weighted by atomic mass is 10.2. The summed E-state index contributed by atoms with van der Waals surface area (Å²) in [6.45, 7) is 3.42. The molecule has 3 rings (SSSR count). The van der Waals surface area contributed by atoms with Gasteiger partial charge in [0.15, 0.2) is 0 Å². The number of methoxy groups -OCH3 is 2. The van der Waals surface area contributed by atoms with E-state index in [9.17, 15) is 14.4 Å². The third-order valence-corrected chi connectivity index (χ3v) is 5.67. The number of hydrogen-bond acceptors (Lipinski definition) is 6. The maximum absolute atomic E-state index is 12.6. The van der Waals surface area contributed by atoms with E-state index in [1.54, 1.807) is 31.4 Å². The summed E-state index contributed by atoms with van der Waals surface area (Å²) >= 11 is 6.96. The van der Waals surface area contributed by atoms with E-state index in [4.69, 9.17) is 16.3 Å². The number of esters is 1. The second kappa shape index (κ2) is 8.34. The number of aromatic nitrogens is 1. The lowest BCUT2D eigenvalue weighted by molar-refractivity contribution is -0.143. The zero-order valence-corrected chi connectivity index (χ0v) is 17.9. The van der Waals surface area contributed by atoms with Crippen LogP contribution in [0.25, 0.3) is 11.8 Å². The summed E-state index contributed by atoms with van der Waals surface area (Å²) in [6, 6.07) is 7.24. The molecule has 2 heterocycles. The molecule has 2 amide bonds. The molecule has 1 aromatic carbocycles. The van der Waals surface area contributed by atoms with E-state index < -0.39 is 23.7 Å². The second-order valence-corrected chi connectivity index (χ2v) is 7.75. The average molecular weight is 435 g/mol. The van der Waals surface area contributed by atoms with E-state index in [1.807, 2.05) is 24.5 Å². The van der Waals surface area contributed by atoms with Crippen molar-refractivity contribution < 1.29 is 23.9 Å². The molecule has 0 radical (unpaired) electrons. The number of amides is 2. The van der Waals surface area contributed by atoms with Gasteiger partial charge in [-0.05, 0) is 61.5 Å². The van der Waals surface area contributed by atoms with Gasteiger partial charge < -0.3 is 14.0 Å². The van der Waals surface area contributed by atoms with Crippen molar-refractivity contribution in [3.63, 3.8) is 0 Å². The molecule has 0 saturated carbocycles. The van der Waals surface area contributed by atoms with Crippen LogP contribution in [0.15, 0.2) is 29.2 Å². The third kappa shape index (κ3) is 4.04. The number of imide groups is 1. The van der Waals surface area contributed by atoms with Crippen LogP contribution in [0, 0.1) is 13.8 Å². The fourth-order valence-electron chi connectivity index (χ4n) is 3.11. The van der Waals surface area contributed by atoms with Crippen LogP contribution in [0.5, 0.6) is 5.75 Å². The predicted octanol–water partition coefficient (Wildman–Crippen LogP) is 3.97. The molecule has 7 nitrogen and oxygen atoms in total. The molecular formula is C20H19ClN2O5S. The first-order chi connectivity index (χ1) is 13.8. The molecule has 2 aromatic rings. The molecule has 152 valence electrons. The number of rotatable bonds is 5. The number of benzene rings is 1. The van der Waals surface area contributed by atoms with Gasteiger partial charge in [0.1, 0.15) is 12.3 Å². The van der Waals surface area contributed by atoms with Gasteiger partial charge in [0.2, 0.25) is 0 Å². The van der Waals surface area contributed by atoms with Crippen molar-refractivity contribution in [1.29, 1.82) is 0 Å². The van der Waals surface area contributed by atoms with Crippen LogP contribution in [0.3, 0.4) is 0 Å². The summed E-state index contributed by atoms with van der Waals surface area (Å²) in [7, 11) is 2.79. The molecule has 1 aliphatic rings. The first-order valence-corrected chi connectivity index (χ1v) is 9.81. The summed E-state index contributed by atoms with van der Waals surface area (Å²) in [5.41, 5.74) is 3.30. The average Bonchev–Trinajstić information content (AvgIpc) is 3.11. The van der Waals surface area contributed by atoms with E-state index >= 15 is 0 Å². The van der Waals surface area contributed by atoms with Gasteiger partial charge in [-0.15, -0.1) is 0 Å². The summed E-state index contributed by atoms with van der Waals surface area (Å²) in [4.78, 5) is 37.2. The number of carbonyl (C=O) groups excluding carboxylic acids is 3. The summed E-state index contributed by atoms with van der Waals surface area (Å²) in [5, 5.41) is 0.0655. The molecule has 1 aromatic heterocycles. The minimum Gasteiger partial charge on any atom is -0.495 e. The Bertz CT molecular complexity index is 1040. The van der Waals surface area contributed by atoms with Crippen LogP contribution >= 0.6 is 23.4 Å². The SMILES string of the molecule is COC(=O)CN1C(=O)SC(=Cc2cc(C)n(-c3cc(Cl)ccc3OC)c2C)C1=O. The van der Waals surface area contributed by atoms with Gasteiger partial charge in [0, 0.05) is 16.4 Å². The van der Waals surface area contributed by atoms with Gasteiger partial charge in [-0.3, -0.25) is 19.3 Å². The zero-order chi connectivity index (χ0) is 21.3.